The van der Waals surface area contributed by atoms with Crippen molar-refractivity contribution in [3.63, 3.8) is 0 Å². The number of hydrogen-bond acceptors (Lipinski definition) is 14. The highest BCUT2D eigenvalue weighted by atomic mass is 32.1. The molecule has 10 heterocycles. The van der Waals surface area contributed by atoms with Gasteiger partial charge in [0, 0.05) is 122 Å². The van der Waals surface area contributed by atoms with Crippen LogP contribution in [0.3, 0.4) is 0 Å². The zero-order valence-electron chi connectivity index (χ0n) is 94.5. The highest BCUT2D eigenvalue weighted by molar-refractivity contribution is 7.07. The molecule has 0 radical (unpaired) electrons. The molecule has 0 aliphatic heterocycles. The molecule has 14 rings (SSSR count). The predicted octanol–water partition coefficient (Wildman–Crippen LogP) is 40.8. The van der Waals surface area contributed by atoms with Crippen LogP contribution in [0.4, 0.5) is 0 Å². The van der Waals surface area contributed by atoms with Gasteiger partial charge in [-0.2, -0.15) is 0 Å². The molecule has 0 atom stereocenters. The van der Waals surface area contributed by atoms with Gasteiger partial charge in [0.25, 0.3) is 0 Å². The van der Waals surface area contributed by atoms with E-state index in [1.165, 1.54) is 40.7 Å². The molecule has 0 bridgehead atoms. The number of hydrogen-bond donors (Lipinski definition) is 1. The first-order valence-corrected chi connectivity index (χ1v) is 50.2. The van der Waals surface area contributed by atoms with Crippen LogP contribution in [-0.2, 0) is 7.05 Å². The van der Waals surface area contributed by atoms with Gasteiger partial charge in [-0.25, -0.2) is 29.9 Å². The van der Waals surface area contributed by atoms with E-state index in [2.05, 4.69) is 318 Å². The minimum absolute atomic E-state index is 0. The van der Waals surface area contributed by atoms with Crippen molar-refractivity contribution in [2.45, 2.75) is 367 Å². The van der Waals surface area contributed by atoms with E-state index in [-0.39, 0.29) is 22.3 Å². The lowest BCUT2D eigenvalue weighted by Gasteiger charge is -2.04. The van der Waals surface area contributed by atoms with Crippen molar-refractivity contribution >= 4 is 54.9 Å². The number of thiazole rings is 1. The lowest BCUT2D eigenvalue weighted by Crippen LogP contribution is -1.99. The number of nitrogens with one attached hydrogen (secondary N) is 1. The Kier molecular flexibility index (Phi) is 186. The van der Waals surface area contributed by atoms with Crippen LogP contribution < -0.4 is 0 Å². The van der Waals surface area contributed by atoms with E-state index in [0.29, 0.717) is 5.92 Å². The molecule has 16 heteroatoms. The number of nitrogens with zero attached hydrogens (tertiary/aromatic N) is 13. The topological polar surface area (TPSA) is 189 Å². The summed E-state index contributed by atoms with van der Waals surface area (Å²) in [6.45, 7) is 103. The summed E-state index contributed by atoms with van der Waals surface area (Å²) in [5.74, 6) is 9.14. The van der Waals surface area contributed by atoms with Crippen molar-refractivity contribution in [3.8, 4) is 0 Å². The second-order valence-electron chi connectivity index (χ2n) is 30.8. The number of aryl methyl sites for hydroxylation is 1. The molecule has 0 fully saturated rings. The number of rotatable bonds is 1. The summed E-state index contributed by atoms with van der Waals surface area (Å²) in [6, 6.07) is 49.8. The SMILES string of the molecule is C.C.C.CC.CC.CC.CC.CC.CC.CC.CC.CC.CC.CC(C)C.CC(C)C.CC(C)C.CC(C)C.CC(C)C.CC(C)C.CC(C)C.CC(C)C.CC(C)C.CC(C)c1nc2ccccc2n1C.c1cc[nH]c1.c1ccc2cnccc2c1.c1ccc2ncccc2c1.c1ccc2ncncc2c1.c1ccncc1.c1cnccn1.c1cncnc1.c1cocn1.c1cscn1. The van der Waals surface area contributed by atoms with E-state index < -0.39 is 0 Å². The summed E-state index contributed by atoms with van der Waals surface area (Å²) < 4.78 is 6.64. The fourth-order valence-corrected chi connectivity index (χ4v) is 6.45. The van der Waals surface area contributed by atoms with Crippen molar-refractivity contribution in [3.05, 3.63) is 293 Å². The van der Waals surface area contributed by atoms with Gasteiger partial charge < -0.3 is 14.0 Å². The molecule has 0 aliphatic carbocycles. The van der Waals surface area contributed by atoms with Gasteiger partial charge in [0.05, 0.1) is 33.8 Å². The van der Waals surface area contributed by atoms with Crippen LogP contribution in [0.25, 0.3) is 43.6 Å². The summed E-state index contributed by atoms with van der Waals surface area (Å²) in [5.41, 5.74) is 6.16. The number of aromatic amines is 1. The average Bonchev–Trinajstić information content (AvgIpc) is 1.66. The fraction of sp³-hybridized carbons (Fsp3) is 0.529. The highest BCUT2D eigenvalue weighted by Crippen LogP contribution is 2.20. The van der Waals surface area contributed by atoms with Crippen molar-refractivity contribution in [2.24, 2.45) is 60.3 Å². The Bertz CT molecular complexity index is 3260. The van der Waals surface area contributed by atoms with Crippen LogP contribution in [-0.4, -0.2) is 69.4 Å². The number of para-hydroxylation sites is 4. The normalized spacial score (nSPS) is 8.12. The first kappa shape index (κ1) is 168. The number of benzene rings is 4. The van der Waals surface area contributed by atoms with Crippen molar-refractivity contribution < 1.29 is 4.42 Å². The Morgan fingerprint density at radius 1 is 0.267 bits per heavy atom. The molecule has 1 N–H and O–H groups in total. The fourth-order valence-electron chi connectivity index (χ4n) is 6.10. The van der Waals surface area contributed by atoms with Crippen LogP contribution in [0, 0.1) is 53.3 Å². The minimum atomic E-state index is 0. The maximum absolute atomic E-state index is 4.57. The van der Waals surface area contributed by atoms with Crippen LogP contribution in [0.5, 0.6) is 0 Å². The van der Waals surface area contributed by atoms with Gasteiger partial charge in [-0.05, 0) is 131 Å². The third-order valence-electron chi connectivity index (χ3n) is 9.53. The van der Waals surface area contributed by atoms with E-state index >= 15 is 0 Å². The van der Waals surface area contributed by atoms with Crippen molar-refractivity contribution in [1.29, 1.82) is 0 Å². The van der Waals surface area contributed by atoms with Crippen LogP contribution >= 0.6 is 11.3 Å². The maximum atomic E-state index is 4.57. The Hall–Kier alpha value is -10.1. The van der Waals surface area contributed by atoms with Crippen LogP contribution in [0.15, 0.2) is 291 Å². The largest absolute Gasteiger partial charge is 0.452 e. The third-order valence-corrected chi connectivity index (χ3v) is 10.0. The zero-order valence-corrected chi connectivity index (χ0v) is 95.4. The molecule has 0 spiro atoms. The standard InChI is InChI=1S/C11H14N2.2C9H7N.C8H6N2.C5H5N.2C4H4N2.C4H5N.9C4H10.C3H3NO.C3H3NS.10C2H6.3CH4/c1-8(2)11-12-9-6-4-5-7-10(9)13(11)3;1-2-6-9-8(4-1)5-3-7-10-9;1-2-4-9-7-10-6-5-8(9)3-1;1-2-4-8-7(3-1)5-9-6-10-8;1-2-4-6-5-3-1;1-2-6-4-3-5-1;1-2-5-4-6-3-1;1-2-4-5-3-1;9*1-4(2)3;2*1-2-5-3-4-1;10*1-2;;;/h4-8H,1-3H3;2*1-7H;1-6H;1-5H;2*1-4H;1-5H;9*4H,1-3H3;2*1-3H;10*1-2H3;3*1H4. The van der Waals surface area contributed by atoms with Crippen molar-refractivity contribution in [2.75, 3.05) is 0 Å². The maximum Gasteiger partial charge on any atom is 0.180 e. The summed E-state index contributed by atoms with van der Waals surface area (Å²) in [6.07, 6.45) is 33.8. The molecule has 0 aliphatic rings. The molecule has 135 heavy (non-hydrogen) atoms. The third kappa shape index (κ3) is 171. The zero-order chi connectivity index (χ0) is 105. The number of fused-ring (bicyclic) bond motifs is 4. The Morgan fingerprint density at radius 2 is 0.607 bits per heavy atom. The van der Waals surface area contributed by atoms with Gasteiger partial charge in [0.15, 0.2) is 6.39 Å². The number of oxazole rings is 1. The smallest absolute Gasteiger partial charge is 0.180 e. The van der Waals surface area contributed by atoms with E-state index in [1.54, 1.807) is 91.2 Å². The Balaban J connectivity index is -0.0000000669. The van der Waals surface area contributed by atoms with E-state index in [9.17, 15) is 0 Å². The molecule has 14 aromatic rings. The number of H-pyrrole nitrogens is 1. The lowest BCUT2D eigenvalue weighted by atomic mass is 10.2. The number of aromatic nitrogens is 14. The first-order valence-electron chi connectivity index (χ1n) is 49.3. The van der Waals surface area contributed by atoms with Gasteiger partial charge in [0.2, 0.25) is 0 Å². The molecule has 0 saturated heterocycles. The summed E-state index contributed by atoms with van der Waals surface area (Å²) in [4.78, 5) is 49.5. The minimum Gasteiger partial charge on any atom is -0.452 e. The second-order valence-corrected chi connectivity index (χ2v) is 31.6. The summed E-state index contributed by atoms with van der Waals surface area (Å²) >= 11 is 1.60. The second kappa shape index (κ2) is 149. The molecule has 15 nitrogen and oxygen atoms in total. The summed E-state index contributed by atoms with van der Waals surface area (Å²) in [7, 11) is 2.07. The van der Waals surface area contributed by atoms with Crippen LogP contribution in [0.2, 0.25) is 0 Å². The van der Waals surface area contributed by atoms with Gasteiger partial charge >= 0.3 is 0 Å². The number of pyridine rings is 3. The van der Waals surface area contributed by atoms with E-state index in [0.717, 1.165) is 81.0 Å². The molecule has 778 valence electrons. The first-order chi connectivity index (χ1) is 63.2. The monoisotopic (exact) mass is 1890 g/mol. The quantitative estimate of drug-likeness (QED) is 0.164. The average molecular weight is 1900 g/mol. The number of imidazole rings is 1. The molecule has 0 saturated carbocycles. The molecular weight excluding hydrogens is 1670 g/mol. The van der Waals surface area contributed by atoms with E-state index in [1.807, 2.05) is 290 Å². The summed E-state index contributed by atoms with van der Waals surface area (Å²) in [5, 5.41) is 6.66. The molecule has 0 unspecified atom stereocenters. The molecule has 4 aromatic carbocycles. The van der Waals surface area contributed by atoms with Gasteiger partial charge in [-0.15, -0.1) is 11.3 Å². The Morgan fingerprint density at radius 3 is 0.867 bits per heavy atom. The molecular formula is C119H220N14OS. The van der Waals surface area contributed by atoms with Crippen molar-refractivity contribution in [1.82, 2.24) is 69.4 Å². The molecule has 0 amide bonds. The molecule has 10 aromatic heterocycles. The van der Waals surface area contributed by atoms with Gasteiger partial charge in [0.1, 0.15) is 24.7 Å². The van der Waals surface area contributed by atoms with Gasteiger partial charge in [-0.3, -0.25) is 29.9 Å². The van der Waals surface area contributed by atoms with E-state index in [4.69, 9.17) is 0 Å². The predicted molar refractivity (Wildman–Crippen MR) is 624 cm³/mol. The Labute approximate surface area is 844 Å². The van der Waals surface area contributed by atoms with Gasteiger partial charge in [-0.1, -0.05) is 446 Å². The van der Waals surface area contributed by atoms with Crippen LogP contribution in [0.1, 0.15) is 373 Å². The lowest BCUT2D eigenvalue weighted by molar-refractivity contribution is 0.558. The highest BCUT2D eigenvalue weighted by Gasteiger charge is 2.09.